The summed E-state index contributed by atoms with van der Waals surface area (Å²) in [7, 11) is 0. The first kappa shape index (κ1) is 23.7. The lowest BCUT2D eigenvalue weighted by Crippen LogP contribution is -2.41. The predicted octanol–water partition coefficient (Wildman–Crippen LogP) is 2.90. The van der Waals surface area contributed by atoms with Gasteiger partial charge in [0.2, 0.25) is 5.91 Å². The zero-order chi connectivity index (χ0) is 15.9. The fourth-order valence-electron chi connectivity index (χ4n) is 1.97. The quantitative estimate of drug-likeness (QED) is 0.206. The predicted molar refractivity (Wildman–Crippen MR) is 106 cm³/mol. The maximum atomic E-state index is 10.8. The molecule has 3 N–H and O–H groups in total. The highest BCUT2D eigenvalue weighted by atomic mass is 127. The molecule has 132 valence electrons. The number of halogens is 1. The van der Waals surface area contributed by atoms with Crippen LogP contribution in [0.15, 0.2) is 4.99 Å². The van der Waals surface area contributed by atoms with E-state index in [0.717, 1.165) is 31.4 Å². The van der Waals surface area contributed by atoms with Gasteiger partial charge in [0.25, 0.3) is 0 Å². The van der Waals surface area contributed by atoms with Gasteiger partial charge in [-0.2, -0.15) is 0 Å². The van der Waals surface area contributed by atoms with Crippen molar-refractivity contribution in [1.29, 1.82) is 0 Å². The summed E-state index contributed by atoms with van der Waals surface area (Å²) in [5.74, 6) is 1.65. The molecule has 0 unspecified atom stereocenters. The molecule has 0 aliphatic heterocycles. The largest absolute Gasteiger partial charge is 0.357 e. The van der Waals surface area contributed by atoms with Gasteiger partial charge >= 0.3 is 0 Å². The van der Waals surface area contributed by atoms with Crippen LogP contribution in [-0.4, -0.2) is 38.0 Å². The standard InChI is InChI=1S/C16H34N4O.HI/c1-5-17-16(20-13-12-18-15(4)21)19-11-9-7-6-8-10-14(2)3;/h14H,5-13H2,1-4H3,(H,18,21)(H2,17,19,20);1H. The summed E-state index contributed by atoms with van der Waals surface area (Å²) >= 11 is 0. The molecule has 0 spiro atoms. The zero-order valence-electron chi connectivity index (χ0n) is 14.7. The molecule has 0 aromatic carbocycles. The highest BCUT2D eigenvalue weighted by Gasteiger charge is 1.97. The summed E-state index contributed by atoms with van der Waals surface area (Å²) < 4.78 is 0. The minimum Gasteiger partial charge on any atom is -0.357 e. The molecule has 5 nitrogen and oxygen atoms in total. The van der Waals surface area contributed by atoms with E-state index < -0.39 is 0 Å². The van der Waals surface area contributed by atoms with Gasteiger partial charge in [-0.1, -0.05) is 39.5 Å². The first-order valence-corrected chi connectivity index (χ1v) is 8.32. The molecule has 0 saturated heterocycles. The molecule has 0 aromatic heterocycles. The van der Waals surface area contributed by atoms with Gasteiger partial charge in [0.1, 0.15) is 0 Å². The third-order valence-electron chi connectivity index (χ3n) is 3.10. The second-order valence-corrected chi connectivity index (χ2v) is 5.77. The van der Waals surface area contributed by atoms with E-state index in [1.807, 2.05) is 0 Å². The van der Waals surface area contributed by atoms with Gasteiger partial charge in [-0.25, -0.2) is 0 Å². The van der Waals surface area contributed by atoms with E-state index in [4.69, 9.17) is 0 Å². The monoisotopic (exact) mass is 426 g/mol. The number of amides is 1. The molecule has 0 radical (unpaired) electrons. The molecule has 0 aromatic rings. The Labute approximate surface area is 153 Å². The van der Waals surface area contributed by atoms with Crippen LogP contribution in [0.25, 0.3) is 0 Å². The van der Waals surface area contributed by atoms with E-state index in [-0.39, 0.29) is 29.9 Å². The van der Waals surface area contributed by atoms with Crippen molar-refractivity contribution in [2.45, 2.75) is 59.8 Å². The number of hydrogen-bond acceptors (Lipinski definition) is 2. The highest BCUT2D eigenvalue weighted by Crippen LogP contribution is 2.09. The first-order chi connectivity index (χ1) is 10.1. The summed E-state index contributed by atoms with van der Waals surface area (Å²) in [5, 5.41) is 9.19. The van der Waals surface area contributed by atoms with Crippen molar-refractivity contribution in [2.24, 2.45) is 10.9 Å². The van der Waals surface area contributed by atoms with E-state index in [9.17, 15) is 4.79 Å². The van der Waals surface area contributed by atoms with Crippen LogP contribution >= 0.6 is 24.0 Å². The van der Waals surface area contributed by atoms with Crippen LogP contribution in [0.5, 0.6) is 0 Å². The summed E-state index contributed by atoms with van der Waals surface area (Å²) in [5.41, 5.74) is 0. The Kier molecular flexibility index (Phi) is 18.2. The Balaban J connectivity index is 0. The van der Waals surface area contributed by atoms with Gasteiger partial charge in [0.15, 0.2) is 5.96 Å². The second-order valence-electron chi connectivity index (χ2n) is 5.77. The van der Waals surface area contributed by atoms with Crippen LogP contribution in [0.3, 0.4) is 0 Å². The number of carbonyl (C=O) groups is 1. The molecule has 0 fully saturated rings. The van der Waals surface area contributed by atoms with E-state index in [1.54, 1.807) is 0 Å². The van der Waals surface area contributed by atoms with Gasteiger partial charge in [-0.05, 0) is 19.3 Å². The third kappa shape index (κ3) is 17.5. The van der Waals surface area contributed by atoms with Gasteiger partial charge in [-0.3, -0.25) is 9.79 Å². The maximum Gasteiger partial charge on any atom is 0.216 e. The van der Waals surface area contributed by atoms with Gasteiger partial charge < -0.3 is 16.0 Å². The third-order valence-corrected chi connectivity index (χ3v) is 3.10. The molecule has 1 amide bonds. The number of hydrogen-bond donors (Lipinski definition) is 3. The highest BCUT2D eigenvalue weighted by molar-refractivity contribution is 14.0. The number of nitrogens with one attached hydrogen (secondary N) is 3. The van der Waals surface area contributed by atoms with E-state index in [0.29, 0.717) is 13.1 Å². The molecular weight excluding hydrogens is 391 g/mol. The maximum absolute atomic E-state index is 10.8. The van der Waals surface area contributed by atoms with Crippen LogP contribution in [0.4, 0.5) is 0 Å². The van der Waals surface area contributed by atoms with Crippen molar-refractivity contribution in [3.63, 3.8) is 0 Å². The summed E-state index contributed by atoms with van der Waals surface area (Å²) in [6, 6.07) is 0. The van der Waals surface area contributed by atoms with Gasteiger partial charge in [-0.15, -0.1) is 24.0 Å². The molecule has 0 bridgehead atoms. The summed E-state index contributed by atoms with van der Waals surface area (Å²) in [6.07, 6.45) is 6.36. The molecule has 0 aliphatic rings. The Hall–Kier alpha value is -0.530. The van der Waals surface area contributed by atoms with Crippen molar-refractivity contribution in [3.8, 4) is 0 Å². The number of guanidine groups is 1. The smallest absolute Gasteiger partial charge is 0.216 e. The molecular formula is C16H35IN4O. The number of aliphatic imine (C=N–C) groups is 1. The fourth-order valence-corrected chi connectivity index (χ4v) is 1.97. The van der Waals surface area contributed by atoms with E-state index in [1.165, 1.54) is 32.6 Å². The minimum atomic E-state index is 0. The van der Waals surface area contributed by atoms with Crippen molar-refractivity contribution >= 4 is 35.8 Å². The van der Waals surface area contributed by atoms with Crippen LogP contribution in [0.1, 0.15) is 59.8 Å². The molecule has 0 aliphatic carbocycles. The Morgan fingerprint density at radius 2 is 1.64 bits per heavy atom. The number of carbonyl (C=O) groups excluding carboxylic acids is 1. The molecule has 0 rings (SSSR count). The van der Waals surface area contributed by atoms with Gasteiger partial charge in [0, 0.05) is 33.1 Å². The molecule has 0 heterocycles. The Bertz CT molecular complexity index is 296. The number of rotatable bonds is 11. The molecule has 0 atom stereocenters. The number of unbranched alkanes of at least 4 members (excludes halogenated alkanes) is 3. The van der Waals surface area contributed by atoms with Crippen LogP contribution < -0.4 is 16.0 Å². The average molecular weight is 426 g/mol. The summed E-state index contributed by atoms with van der Waals surface area (Å²) in [4.78, 5) is 15.3. The van der Waals surface area contributed by atoms with E-state index >= 15 is 0 Å². The Morgan fingerprint density at radius 3 is 2.23 bits per heavy atom. The van der Waals surface area contributed by atoms with Crippen molar-refractivity contribution in [1.82, 2.24) is 16.0 Å². The zero-order valence-corrected chi connectivity index (χ0v) is 17.0. The molecule has 6 heteroatoms. The van der Waals surface area contributed by atoms with E-state index in [2.05, 4.69) is 41.7 Å². The Morgan fingerprint density at radius 1 is 1.00 bits per heavy atom. The topological polar surface area (TPSA) is 65.5 Å². The van der Waals surface area contributed by atoms with Crippen LogP contribution in [-0.2, 0) is 4.79 Å². The fraction of sp³-hybridized carbons (Fsp3) is 0.875. The van der Waals surface area contributed by atoms with Gasteiger partial charge in [0.05, 0.1) is 0 Å². The molecule has 0 saturated carbocycles. The van der Waals surface area contributed by atoms with Crippen LogP contribution in [0.2, 0.25) is 0 Å². The summed E-state index contributed by atoms with van der Waals surface area (Å²) in [6.45, 7) is 11.2. The number of nitrogens with zero attached hydrogens (tertiary/aromatic N) is 1. The normalized spacial score (nSPS) is 11.0. The lowest BCUT2D eigenvalue weighted by atomic mass is 10.0. The first-order valence-electron chi connectivity index (χ1n) is 8.32. The van der Waals surface area contributed by atoms with Crippen LogP contribution in [0, 0.1) is 5.92 Å². The lowest BCUT2D eigenvalue weighted by molar-refractivity contribution is -0.118. The lowest BCUT2D eigenvalue weighted by Gasteiger charge is -2.11. The average Bonchev–Trinajstić information content (AvgIpc) is 2.41. The van der Waals surface area contributed by atoms with Crippen molar-refractivity contribution < 1.29 is 4.79 Å². The van der Waals surface area contributed by atoms with Crippen molar-refractivity contribution in [3.05, 3.63) is 0 Å². The second kappa shape index (κ2) is 16.8. The van der Waals surface area contributed by atoms with Crippen molar-refractivity contribution in [2.75, 3.05) is 26.2 Å². The minimum absolute atomic E-state index is 0. The molecule has 22 heavy (non-hydrogen) atoms. The SMILES string of the molecule is CCNC(=NCCCCCCC(C)C)NCCNC(C)=O.I.